The average molecular weight is 509 g/mol. The summed E-state index contributed by atoms with van der Waals surface area (Å²) in [5.74, 6) is -0.865. The molecule has 0 bridgehead atoms. The molecule has 10 heteroatoms. The standard InChI is InChI=1S/C27H32N4O6/c32-24(29-30-25(33)23-13-8-16-31(23)27(35)36)14-2-1-7-15-28-26(34)37-17-22-20-11-5-3-9-18(20)19-10-4-6-12-21(19)22/h3-6,9-12,22-23H,1-2,7-8,13-17H2,(H,28,34)(H,29,32)(H,30,33)(H,35,36)/t23-/m0/s1. The SMILES string of the molecule is O=C(CCCCCNC(=O)OCC1c2ccccc2-c2ccccc21)NNC(=O)[C@@H]1CCCN1C(=O)O. The van der Waals surface area contributed by atoms with E-state index in [2.05, 4.69) is 40.4 Å². The molecule has 4 N–H and O–H groups in total. The number of nitrogens with zero attached hydrogens (tertiary/aromatic N) is 1. The fourth-order valence-electron chi connectivity index (χ4n) is 4.97. The lowest BCUT2D eigenvalue weighted by Crippen LogP contribution is -2.51. The van der Waals surface area contributed by atoms with Crippen molar-refractivity contribution in [2.45, 2.75) is 50.5 Å². The van der Waals surface area contributed by atoms with Crippen molar-refractivity contribution in [2.75, 3.05) is 19.7 Å². The molecule has 0 spiro atoms. The van der Waals surface area contributed by atoms with Crippen LogP contribution in [-0.2, 0) is 14.3 Å². The summed E-state index contributed by atoms with van der Waals surface area (Å²) in [5, 5.41) is 11.9. The molecule has 10 nitrogen and oxygen atoms in total. The molecule has 0 radical (unpaired) electrons. The molecule has 196 valence electrons. The van der Waals surface area contributed by atoms with E-state index >= 15 is 0 Å². The summed E-state index contributed by atoms with van der Waals surface area (Å²) in [6, 6.07) is 15.6. The zero-order chi connectivity index (χ0) is 26.2. The molecule has 0 unspecified atom stereocenters. The number of hydrogen-bond acceptors (Lipinski definition) is 5. The Morgan fingerprint density at radius 2 is 1.59 bits per heavy atom. The highest BCUT2D eigenvalue weighted by Gasteiger charge is 2.34. The van der Waals surface area contributed by atoms with E-state index in [-0.39, 0.29) is 24.9 Å². The van der Waals surface area contributed by atoms with Gasteiger partial charge in [-0.05, 0) is 47.9 Å². The van der Waals surface area contributed by atoms with Gasteiger partial charge in [-0.25, -0.2) is 9.59 Å². The van der Waals surface area contributed by atoms with Crippen molar-refractivity contribution in [3.05, 3.63) is 59.7 Å². The van der Waals surface area contributed by atoms with E-state index in [1.807, 2.05) is 24.3 Å². The van der Waals surface area contributed by atoms with Gasteiger partial charge in [0, 0.05) is 25.4 Å². The molecule has 1 fully saturated rings. The quantitative estimate of drug-likeness (QED) is 0.303. The van der Waals surface area contributed by atoms with Gasteiger partial charge < -0.3 is 15.2 Å². The molecule has 1 aliphatic carbocycles. The Labute approximate surface area is 215 Å². The lowest BCUT2D eigenvalue weighted by atomic mass is 9.98. The van der Waals surface area contributed by atoms with Crippen molar-refractivity contribution in [2.24, 2.45) is 0 Å². The van der Waals surface area contributed by atoms with Gasteiger partial charge in [0.15, 0.2) is 0 Å². The lowest BCUT2D eigenvalue weighted by molar-refractivity contribution is -0.131. The number of ether oxygens (including phenoxy) is 1. The zero-order valence-corrected chi connectivity index (χ0v) is 20.6. The first-order valence-electron chi connectivity index (χ1n) is 12.6. The smallest absolute Gasteiger partial charge is 0.407 e. The molecule has 1 heterocycles. The van der Waals surface area contributed by atoms with Crippen LogP contribution in [0.1, 0.15) is 55.6 Å². The zero-order valence-electron chi connectivity index (χ0n) is 20.6. The van der Waals surface area contributed by atoms with Crippen molar-refractivity contribution < 1.29 is 29.0 Å². The van der Waals surface area contributed by atoms with E-state index in [1.165, 1.54) is 11.1 Å². The van der Waals surface area contributed by atoms with Crippen LogP contribution in [0.3, 0.4) is 0 Å². The molecule has 1 aliphatic heterocycles. The second-order valence-electron chi connectivity index (χ2n) is 9.23. The van der Waals surface area contributed by atoms with Gasteiger partial charge in [0.05, 0.1) is 0 Å². The summed E-state index contributed by atoms with van der Waals surface area (Å²) >= 11 is 0. The summed E-state index contributed by atoms with van der Waals surface area (Å²) in [6.45, 7) is 1.00. The first kappa shape index (κ1) is 26.0. The van der Waals surface area contributed by atoms with Crippen molar-refractivity contribution in [1.82, 2.24) is 21.1 Å². The van der Waals surface area contributed by atoms with Crippen molar-refractivity contribution >= 4 is 24.0 Å². The van der Waals surface area contributed by atoms with Gasteiger partial charge in [-0.15, -0.1) is 0 Å². The highest BCUT2D eigenvalue weighted by Crippen LogP contribution is 2.44. The van der Waals surface area contributed by atoms with E-state index in [0.717, 1.165) is 16.0 Å². The van der Waals surface area contributed by atoms with Gasteiger partial charge in [-0.1, -0.05) is 55.0 Å². The number of hydrogen-bond donors (Lipinski definition) is 4. The molecule has 2 aromatic rings. The van der Waals surface area contributed by atoms with Crippen LogP contribution in [-0.4, -0.2) is 59.7 Å². The number of carboxylic acid groups (broad SMARTS) is 1. The second-order valence-corrected chi connectivity index (χ2v) is 9.23. The van der Waals surface area contributed by atoms with Gasteiger partial charge >= 0.3 is 12.2 Å². The van der Waals surface area contributed by atoms with Crippen LogP contribution < -0.4 is 16.2 Å². The number of amides is 4. The van der Waals surface area contributed by atoms with Gasteiger partial charge in [-0.2, -0.15) is 0 Å². The Bertz CT molecular complexity index is 1110. The molecule has 1 atom stereocenters. The predicted molar refractivity (Wildman–Crippen MR) is 136 cm³/mol. The molecule has 4 rings (SSSR count). The van der Waals surface area contributed by atoms with Gasteiger partial charge in [0.1, 0.15) is 12.6 Å². The Hall–Kier alpha value is -4.08. The first-order chi connectivity index (χ1) is 18.0. The highest BCUT2D eigenvalue weighted by atomic mass is 16.5. The third kappa shape index (κ3) is 6.38. The van der Waals surface area contributed by atoms with Crippen molar-refractivity contribution in [3.63, 3.8) is 0 Å². The topological polar surface area (TPSA) is 137 Å². The van der Waals surface area contributed by atoms with Crippen molar-refractivity contribution in [3.8, 4) is 11.1 Å². The normalized spacial score (nSPS) is 16.0. The largest absolute Gasteiger partial charge is 0.465 e. The van der Waals surface area contributed by atoms with E-state index in [9.17, 15) is 19.2 Å². The molecule has 0 saturated carbocycles. The fraction of sp³-hybridized carbons (Fsp3) is 0.407. The van der Waals surface area contributed by atoms with Gasteiger partial charge in [0.2, 0.25) is 5.91 Å². The Balaban J connectivity index is 1.08. The van der Waals surface area contributed by atoms with Crippen molar-refractivity contribution in [1.29, 1.82) is 0 Å². The van der Waals surface area contributed by atoms with Crippen LogP contribution in [0.15, 0.2) is 48.5 Å². The van der Waals surface area contributed by atoms with Crippen LogP contribution in [0.2, 0.25) is 0 Å². The summed E-state index contributed by atoms with van der Waals surface area (Å²) < 4.78 is 5.51. The highest BCUT2D eigenvalue weighted by molar-refractivity contribution is 5.88. The Kier molecular flexibility index (Phi) is 8.60. The van der Waals surface area contributed by atoms with E-state index in [0.29, 0.717) is 45.2 Å². The number of carbonyl (C=O) groups excluding carboxylic acids is 3. The van der Waals surface area contributed by atoms with Gasteiger partial charge in [0.25, 0.3) is 5.91 Å². The maximum absolute atomic E-state index is 12.2. The van der Waals surface area contributed by atoms with Crippen LogP contribution in [0, 0.1) is 0 Å². The number of carbonyl (C=O) groups is 4. The van der Waals surface area contributed by atoms with E-state index < -0.39 is 24.1 Å². The molecule has 1 saturated heterocycles. The minimum atomic E-state index is -1.14. The van der Waals surface area contributed by atoms with Crippen LogP contribution in [0.4, 0.5) is 9.59 Å². The number of likely N-dealkylation sites (tertiary alicyclic amines) is 1. The third-order valence-corrected chi connectivity index (χ3v) is 6.82. The number of unbranched alkanes of at least 4 members (excludes halogenated alkanes) is 2. The maximum atomic E-state index is 12.2. The maximum Gasteiger partial charge on any atom is 0.407 e. The van der Waals surface area contributed by atoms with Crippen LogP contribution in [0.5, 0.6) is 0 Å². The summed E-state index contributed by atoms with van der Waals surface area (Å²) in [6.07, 6.45) is 1.62. The lowest BCUT2D eigenvalue weighted by Gasteiger charge is -2.20. The number of fused-ring (bicyclic) bond motifs is 3. The molecule has 2 aromatic carbocycles. The molecular weight excluding hydrogens is 476 g/mol. The summed E-state index contributed by atoms with van der Waals surface area (Å²) in [4.78, 5) is 48.5. The average Bonchev–Trinajstić information content (AvgIpc) is 3.52. The fourth-order valence-corrected chi connectivity index (χ4v) is 4.97. The second kappa shape index (κ2) is 12.2. The van der Waals surface area contributed by atoms with Gasteiger partial charge in [-0.3, -0.25) is 25.3 Å². The number of nitrogens with one attached hydrogen (secondary N) is 3. The Morgan fingerprint density at radius 3 is 2.27 bits per heavy atom. The van der Waals surface area contributed by atoms with Crippen LogP contribution >= 0.6 is 0 Å². The summed E-state index contributed by atoms with van der Waals surface area (Å²) in [7, 11) is 0. The monoisotopic (exact) mass is 508 g/mol. The minimum absolute atomic E-state index is 0.0121. The molecule has 37 heavy (non-hydrogen) atoms. The number of alkyl carbamates (subject to hydrolysis) is 1. The van der Waals surface area contributed by atoms with E-state index in [4.69, 9.17) is 9.84 Å². The van der Waals surface area contributed by atoms with E-state index in [1.54, 1.807) is 0 Å². The third-order valence-electron chi connectivity index (χ3n) is 6.82. The van der Waals surface area contributed by atoms with Crippen LogP contribution in [0.25, 0.3) is 11.1 Å². The molecule has 0 aromatic heterocycles. The predicted octanol–water partition coefficient (Wildman–Crippen LogP) is 3.38. The first-order valence-corrected chi connectivity index (χ1v) is 12.6. The Morgan fingerprint density at radius 1 is 0.919 bits per heavy atom. The minimum Gasteiger partial charge on any atom is -0.465 e. The summed E-state index contributed by atoms with van der Waals surface area (Å²) in [5.41, 5.74) is 9.32. The molecule has 4 amide bonds. The number of rotatable bonds is 9. The molecular formula is C27H32N4O6. The number of hydrazine groups is 1. The molecule has 2 aliphatic rings. The number of benzene rings is 2.